The van der Waals surface area contributed by atoms with Gasteiger partial charge in [-0.1, -0.05) is 0 Å². The Hall–Kier alpha value is -0.790. The van der Waals surface area contributed by atoms with Crippen LogP contribution in [-0.4, -0.2) is 9.55 Å². The SMILES string of the molecule is c1cn2c(n1)CCCC2. The minimum atomic E-state index is 1.17. The van der Waals surface area contributed by atoms with Gasteiger partial charge in [-0.25, -0.2) is 4.98 Å². The quantitative estimate of drug-likeness (QED) is 0.506. The number of aryl methyl sites for hydroxylation is 2. The van der Waals surface area contributed by atoms with Crippen LogP contribution in [0.4, 0.5) is 0 Å². The van der Waals surface area contributed by atoms with Crippen molar-refractivity contribution in [2.75, 3.05) is 0 Å². The fourth-order valence-electron chi connectivity index (χ4n) is 1.34. The number of hydrogen-bond donors (Lipinski definition) is 0. The molecule has 0 saturated carbocycles. The van der Waals surface area contributed by atoms with Gasteiger partial charge in [-0.3, -0.25) is 0 Å². The Morgan fingerprint density at radius 1 is 1.44 bits per heavy atom. The van der Waals surface area contributed by atoms with Crippen LogP contribution in [0.15, 0.2) is 12.4 Å². The lowest BCUT2D eigenvalue weighted by Gasteiger charge is -2.11. The molecule has 0 atom stereocenters. The van der Waals surface area contributed by atoms with Crippen molar-refractivity contribution >= 4 is 0 Å². The number of aromatic nitrogens is 2. The van der Waals surface area contributed by atoms with Crippen molar-refractivity contribution in [2.45, 2.75) is 25.8 Å². The molecule has 2 rings (SSSR count). The lowest BCUT2D eigenvalue weighted by molar-refractivity contribution is 0.522. The molecule has 0 aromatic carbocycles. The Balaban J connectivity index is 2.39. The second kappa shape index (κ2) is 1.87. The Kier molecular flexibility index (Phi) is 1.04. The van der Waals surface area contributed by atoms with Crippen LogP contribution in [0.5, 0.6) is 0 Å². The van der Waals surface area contributed by atoms with E-state index < -0.39 is 0 Å². The molecule has 48 valence electrons. The molecule has 0 amide bonds. The fraction of sp³-hybridized carbons (Fsp3) is 0.571. The third kappa shape index (κ3) is 0.745. The number of hydrogen-bond acceptors (Lipinski definition) is 1. The zero-order valence-electron chi connectivity index (χ0n) is 5.38. The minimum absolute atomic E-state index is 1.17. The first-order valence-corrected chi connectivity index (χ1v) is 3.47. The van der Waals surface area contributed by atoms with Crippen LogP contribution in [0.2, 0.25) is 0 Å². The van der Waals surface area contributed by atoms with Crippen LogP contribution in [0, 0.1) is 0 Å². The van der Waals surface area contributed by atoms with E-state index in [9.17, 15) is 0 Å². The monoisotopic (exact) mass is 122 g/mol. The number of imidazole rings is 1. The van der Waals surface area contributed by atoms with Gasteiger partial charge in [0.2, 0.25) is 0 Å². The summed E-state index contributed by atoms with van der Waals surface area (Å²) < 4.78 is 2.24. The lowest BCUT2D eigenvalue weighted by atomic mass is 10.2. The first-order valence-electron chi connectivity index (χ1n) is 3.47. The van der Waals surface area contributed by atoms with Gasteiger partial charge in [-0.05, 0) is 12.8 Å². The second-order valence-electron chi connectivity index (χ2n) is 2.49. The summed E-state index contributed by atoms with van der Waals surface area (Å²) in [5.41, 5.74) is 0. The van der Waals surface area contributed by atoms with Crippen molar-refractivity contribution in [1.82, 2.24) is 9.55 Å². The smallest absolute Gasteiger partial charge is 0.108 e. The van der Waals surface area contributed by atoms with Crippen molar-refractivity contribution in [3.05, 3.63) is 18.2 Å². The molecule has 0 saturated heterocycles. The van der Waals surface area contributed by atoms with E-state index in [0.717, 1.165) is 0 Å². The summed E-state index contributed by atoms with van der Waals surface area (Å²) in [4.78, 5) is 4.22. The van der Waals surface area contributed by atoms with Gasteiger partial charge >= 0.3 is 0 Å². The Bertz CT molecular complexity index is 182. The molecule has 0 radical (unpaired) electrons. The predicted molar refractivity (Wildman–Crippen MR) is 35.2 cm³/mol. The molecule has 0 aliphatic carbocycles. The van der Waals surface area contributed by atoms with Crippen LogP contribution in [0.1, 0.15) is 18.7 Å². The van der Waals surface area contributed by atoms with Gasteiger partial charge in [-0.2, -0.15) is 0 Å². The highest BCUT2D eigenvalue weighted by Gasteiger charge is 2.06. The van der Waals surface area contributed by atoms with Gasteiger partial charge in [0, 0.05) is 25.4 Å². The molecular formula is C7H10N2. The topological polar surface area (TPSA) is 17.8 Å². The molecule has 0 spiro atoms. The molecule has 0 unspecified atom stereocenters. The maximum Gasteiger partial charge on any atom is 0.108 e. The molecule has 9 heavy (non-hydrogen) atoms. The molecule has 2 heteroatoms. The van der Waals surface area contributed by atoms with E-state index in [4.69, 9.17) is 0 Å². The Morgan fingerprint density at radius 2 is 2.44 bits per heavy atom. The van der Waals surface area contributed by atoms with E-state index in [2.05, 4.69) is 15.7 Å². The molecule has 2 nitrogen and oxygen atoms in total. The maximum atomic E-state index is 4.22. The molecule has 0 fully saturated rings. The standard InChI is InChI=1S/C7H10N2/c1-2-5-9-6-4-8-7(9)3-1/h4,6H,1-3,5H2. The van der Waals surface area contributed by atoms with E-state index in [1.54, 1.807) is 0 Å². The summed E-state index contributed by atoms with van der Waals surface area (Å²) in [6, 6.07) is 0. The maximum absolute atomic E-state index is 4.22. The predicted octanol–water partition coefficient (Wildman–Crippen LogP) is 1.22. The van der Waals surface area contributed by atoms with Crippen molar-refractivity contribution in [2.24, 2.45) is 0 Å². The van der Waals surface area contributed by atoms with Gasteiger partial charge in [0.1, 0.15) is 5.82 Å². The van der Waals surface area contributed by atoms with E-state index in [0.29, 0.717) is 0 Å². The zero-order valence-corrected chi connectivity index (χ0v) is 5.38. The fourth-order valence-corrected chi connectivity index (χ4v) is 1.34. The molecule has 1 aromatic heterocycles. The normalized spacial score (nSPS) is 17.3. The summed E-state index contributed by atoms with van der Waals surface area (Å²) in [6.45, 7) is 1.18. The van der Waals surface area contributed by atoms with Gasteiger partial charge in [-0.15, -0.1) is 0 Å². The van der Waals surface area contributed by atoms with Crippen molar-refractivity contribution < 1.29 is 0 Å². The number of rotatable bonds is 0. The van der Waals surface area contributed by atoms with Gasteiger partial charge in [0.25, 0.3) is 0 Å². The average molecular weight is 122 g/mol. The highest BCUT2D eigenvalue weighted by Crippen LogP contribution is 2.10. The van der Waals surface area contributed by atoms with Gasteiger partial charge < -0.3 is 4.57 Å². The Morgan fingerprint density at radius 3 is 3.33 bits per heavy atom. The summed E-state index contributed by atoms with van der Waals surface area (Å²) >= 11 is 0. The van der Waals surface area contributed by atoms with Crippen LogP contribution < -0.4 is 0 Å². The first kappa shape index (κ1) is 5.03. The van der Waals surface area contributed by atoms with Crippen LogP contribution in [0.3, 0.4) is 0 Å². The minimum Gasteiger partial charge on any atom is -0.335 e. The summed E-state index contributed by atoms with van der Waals surface area (Å²) in [5.74, 6) is 1.27. The summed E-state index contributed by atoms with van der Waals surface area (Å²) in [6.07, 6.45) is 7.77. The van der Waals surface area contributed by atoms with E-state index in [1.807, 2.05) is 6.20 Å². The lowest BCUT2D eigenvalue weighted by Crippen LogP contribution is -2.08. The molecule has 1 aromatic rings. The number of fused-ring (bicyclic) bond motifs is 1. The molecular weight excluding hydrogens is 112 g/mol. The van der Waals surface area contributed by atoms with E-state index in [1.165, 1.54) is 31.6 Å². The summed E-state index contributed by atoms with van der Waals surface area (Å²) in [7, 11) is 0. The average Bonchev–Trinajstić information content (AvgIpc) is 2.33. The molecule has 0 N–H and O–H groups in total. The first-order chi connectivity index (χ1) is 4.47. The van der Waals surface area contributed by atoms with Crippen LogP contribution in [0.25, 0.3) is 0 Å². The largest absolute Gasteiger partial charge is 0.335 e. The van der Waals surface area contributed by atoms with Crippen LogP contribution in [-0.2, 0) is 13.0 Å². The van der Waals surface area contributed by atoms with Crippen molar-refractivity contribution in [3.8, 4) is 0 Å². The third-order valence-electron chi connectivity index (χ3n) is 1.85. The highest BCUT2D eigenvalue weighted by molar-refractivity contribution is 4.94. The number of nitrogens with zero attached hydrogens (tertiary/aromatic N) is 2. The van der Waals surface area contributed by atoms with E-state index >= 15 is 0 Å². The van der Waals surface area contributed by atoms with Crippen LogP contribution >= 0.6 is 0 Å². The third-order valence-corrected chi connectivity index (χ3v) is 1.85. The highest BCUT2D eigenvalue weighted by atomic mass is 15.1. The second-order valence-corrected chi connectivity index (χ2v) is 2.49. The van der Waals surface area contributed by atoms with Gasteiger partial charge in [0.05, 0.1) is 0 Å². The van der Waals surface area contributed by atoms with E-state index in [-0.39, 0.29) is 0 Å². The Labute approximate surface area is 54.5 Å². The van der Waals surface area contributed by atoms with Crippen molar-refractivity contribution in [3.63, 3.8) is 0 Å². The van der Waals surface area contributed by atoms with Crippen molar-refractivity contribution in [1.29, 1.82) is 0 Å². The molecule has 1 aliphatic rings. The molecule has 0 bridgehead atoms. The molecule has 1 aliphatic heterocycles. The molecule has 2 heterocycles. The summed E-state index contributed by atoms with van der Waals surface area (Å²) in [5, 5.41) is 0. The zero-order chi connectivity index (χ0) is 6.10. The van der Waals surface area contributed by atoms with Gasteiger partial charge in [0.15, 0.2) is 0 Å².